The van der Waals surface area contributed by atoms with Crippen molar-refractivity contribution in [1.29, 1.82) is 0 Å². The van der Waals surface area contributed by atoms with E-state index in [1.54, 1.807) is 6.07 Å². The normalized spacial score (nSPS) is 12.0. The van der Waals surface area contributed by atoms with Gasteiger partial charge in [0.25, 0.3) is 0 Å². The van der Waals surface area contributed by atoms with Crippen molar-refractivity contribution in [3.63, 3.8) is 0 Å². The fourth-order valence-corrected chi connectivity index (χ4v) is 3.45. The number of unbranched alkanes of at least 4 members (excludes halogenated alkanes) is 1. The van der Waals surface area contributed by atoms with E-state index in [1.165, 1.54) is 0 Å². The largest absolute Gasteiger partial charge is 0.508 e. The molecule has 0 fully saturated rings. The highest BCUT2D eigenvalue weighted by molar-refractivity contribution is 5.89. The topological polar surface area (TPSA) is 52.6 Å². The van der Waals surface area contributed by atoms with Gasteiger partial charge in [-0.2, -0.15) is 0 Å². The minimum atomic E-state index is -0.410. The Hall–Kier alpha value is -3.01. The van der Waals surface area contributed by atoms with Crippen molar-refractivity contribution in [3.05, 3.63) is 71.8 Å². The van der Waals surface area contributed by atoms with Gasteiger partial charge in [0.05, 0.1) is 6.04 Å². The summed E-state index contributed by atoms with van der Waals surface area (Å²) in [6.07, 6.45) is 2.29. The van der Waals surface area contributed by atoms with Crippen LogP contribution < -0.4 is 10.2 Å². The molecule has 2 N–H and O–H groups in total. The number of anilines is 1. The van der Waals surface area contributed by atoms with Crippen molar-refractivity contribution in [2.24, 2.45) is 0 Å². The third-order valence-electron chi connectivity index (χ3n) is 5.04. The second-order valence-corrected chi connectivity index (χ2v) is 7.31. The molecule has 0 aliphatic heterocycles. The molecule has 0 saturated heterocycles. The van der Waals surface area contributed by atoms with E-state index < -0.39 is 6.04 Å². The number of hydrogen-bond donors (Lipinski definition) is 2. The lowest BCUT2D eigenvalue weighted by Gasteiger charge is -2.23. The zero-order valence-electron chi connectivity index (χ0n) is 16.8. The minimum Gasteiger partial charge on any atom is -0.508 e. The van der Waals surface area contributed by atoms with Gasteiger partial charge < -0.3 is 15.3 Å². The molecular weight excluding hydrogens is 348 g/mol. The van der Waals surface area contributed by atoms with E-state index in [1.807, 2.05) is 73.6 Å². The van der Waals surface area contributed by atoms with Crippen molar-refractivity contribution in [3.8, 4) is 5.75 Å². The fourth-order valence-electron chi connectivity index (χ4n) is 3.45. The number of hydrogen-bond acceptors (Lipinski definition) is 3. The summed E-state index contributed by atoms with van der Waals surface area (Å²) in [4.78, 5) is 14.6. The standard InChI is InChI=1S/C24H28N2O2/c1-4-5-10-22(28)25-24(18-11-14-19(15-12-18)26(2)3)23-20-9-7-6-8-17(20)13-16-21(23)27/h6-9,11-16,24,27H,4-5,10H2,1-3H3,(H,25,28). The molecule has 0 aromatic heterocycles. The van der Waals surface area contributed by atoms with Crippen LogP contribution in [0.25, 0.3) is 10.8 Å². The Balaban J connectivity index is 2.09. The number of phenolic OH excluding ortho intramolecular Hbond substituents is 1. The van der Waals surface area contributed by atoms with E-state index >= 15 is 0 Å². The first kappa shape index (κ1) is 19.7. The molecule has 3 aromatic rings. The zero-order chi connectivity index (χ0) is 20.1. The number of aromatic hydroxyl groups is 1. The molecule has 0 aliphatic carbocycles. The maximum atomic E-state index is 12.6. The number of nitrogens with zero attached hydrogens (tertiary/aromatic N) is 1. The first-order valence-electron chi connectivity index (χ1n) is 9.78. The van der Waals surface area contributed by atoms with Crippen LogP contribution in [0.1, 0.15) is 43.4 Å². The number of carbonyl (C=O) groups is 1. The molecular formula is C24H28N2O2. The number of rotatable bonds is 7. The van der Waals surface area contributed by atoms with Crippen LogP contribution in [-0.2, 0) is 4.79 Å². The van der Waals surface area contributed by atoms with Crippen LogP contribution in [0.2, 0.25) is 0 Å². The predicted molar refractivity (Wildman–Crippen MR) is 116 cm³/mol. The van der Waals surface area contributed by atoms with E-state index in [9.17, 15) is 9.90 Å². The Labute approximate surface area is 166 Å². The molecule has 4 nitrogen and oxygen atoms in total. The molecule has 1 unspecified atom stereocenters. The second-order valence-electron chi connectivity index (χ2n) is 7.31. The van der Waals surface area contributed by atoms with Crippen molar-refractivity contribution < 1.29 is 9.90 Å². The first-order valence-corrected chi connectivity index (χ1v) is 9.78. The highest BCUT2D eigenvalue weighted by atomic mass is 16.3. The predicted octanol–water partition coefficient (Wildman–Crippen LogP) is 5.01. The van der Waals surface area contributed by atoms with Gasteiger partial charge in [-0.3, -0.25) is 4.79 Å². The van der Waals surface area contributed by atoms with Gasteiger partial charge in [-0.05, 0) is 41.0 Å². The number of nitrogens with one attached hydrogen (secondary N) is 1. The van der Waals surface area contributed by atoms with E-state index in [0.717, 1.165) is 40.4 Å². The summed E-state index contributed by atoms with van der Waals surface area (Å²) in [7, 11) is 3.99. The Bertz CT molecular complexity index is 948. The summed E-state index contributed by atoms with van der Waals surface area (Å²) in [6.45, 7) is 2.07. The number of carbonyl (C=O) groups excluding carboxylic acids is 1. The van der Waals surface area contributed by atoms with E-state index in [4.69, 9.17) is 0 Å². The molecule has 3 rings (SSSR count). The van der Waals surface area contributed by atoms with Gasteiger partial charge >= 0.3 is 0 Å². The molecule has 3 aromatic carbocycles. The molecule has 4 heteroatoms. The van der Waals surface area contributed by atoms with Crippen LogP contribution in [0.15, 0.2) is 60.7 Å². The molecule has 0 aliphatic rings. The van der Waals surface area contributed by atoms with Gasteiger partial charge in [-0.1, -0.05) is 55.8 Å². The molecule has 0 bridgehead atoms. The maximum Gasteiger partial charge on any atom is 0.220 e. The summed E-state index contributed by atoms with van der Waals surface area (Å²) in [6, 6.07) is 19.2. The smallest absolute Gasteiger partial charge is 0.220 e. The van der Waals surface area contributed by atoms with E-state index in [-0.39, 0.29) is 11.7 Å². The number of phenols is 1. The van der Waals surface area contributed by atoms with E-state index in [2.05, 4.69) is 12.2 Å². The second kappa shape index (κ2) is 8.79. The molecule has 0 heterocycles. The Morgan fingerprint density at radius 3 is 2.43 bits per heavy atom. The van der Waals surface area contributed by atoms with Gasteiger partial charge in [0.2, 0.25) is 5.91 Å². The SMILES string of the molecule is CCCCC(=O)NC(c1ccc(N(C)C)cc1)c1c(O)ccc2ccccc12. The number of fused-ring (bicyclic) bond motifs is 1. The molecule has 146 valence electrons. The van der Waals surface area contributed by atoms with Gasteiger partial charge in [-0.25, -0.2) is 0 Å². The molecule has 28 heavy (non-hydrogen) atoms. The first-order chi connectivity index (χ1) is 13.5. The van der Waals surface area contributed by atoms with Gasteiger partial charge in [0.1, 0.15) is 5.75 Å². The Morgan fingerprint density at radius 2 is 1.75 bits per heavy atom. The minimum absolute atomic E-state index is 0.00382. The van der Waals surface area contributed by atoms with E-state index in [0.29, 0.717) is 6.42 Å². The zero-order valence-corrected chi connectivity index (χ0v) is 16.8. The van der Waals surface area contributed by atoms with Gasteiger partial charge in [0.15, 0.2) is 0 Å². The van der Waals surface area contributed by atoms with Crippen molar-refractivity contribution in [2.45, 2.75) is 32.2 Å². The summed E-state index contributed by atoms with van der Waals surface area (Å²) < 4.78 is 0. The molecule has 1 amide bonds. The lowest BCUT2D eigenvalue weighted by Crippen LogP contribution is -2.29. The van der Waals surface area contributed by atoms with Gasteiger partial charge in [-0.15, -0.1) is 0 Å². The van der Waals surface area contributed by atoms with Crippen LogP contribution in [0.4, 0.5) is 5.69 Å². The summed E-state index contributed by atoms with van der Waals surface area (Å²) in [5.74, 6) is 0.187. The van der Waals surface area contributed by atoms with Crippen molar-refractivity contribution in [1.82, 2.24) is 5.32 Å². The Kier molecular flexibility index (Phi) is 6.19. The molecule has 0 spiro atoms. The van der Waals surface area contributed by atoms with Crippen LogP contribution in [0.5, 0.6) is 5.75 Å². The summed E-state index contributed by atoms with van der Waals surface area (Å²) >= 11 is 0. The van der Waals surface area contributed by atoms with Crippen LogP contribution in [-0.4, -0.2) is 25.1 Å². The third-order valence-corrected chi connectivity index (χ3v) is 5.04. The average molecular weight is 377 g/mol. The third kappa shape index (κ3) is 4.28. The van der Waals surface area contributed by atoms with Crippen LogP contribution >= 0.6 is 0 Å². The average Bonchev–Trinajstić information content (AvgIpc) is 2.71. The van der Waals surface area contributed by atoms with Crippen molar-refractivity contribution in [2.75, 3.05) is 19.0 Å². The highest BCUT2D eigenvalue weighted by Crippen LogP contribution is 2.36. The summed E-state index contributed by atoms with van der Waals surface area (Å²) in [5.41, 5.74) is 2.77. The van der Waals surface area contributed by atoms with Crippen molar-refractivity contribution >= 4 is 22.4 Å². The lowest BCUT2D eigenvalue weighted by molar-refractivity contribution is -0.121. The van der Waals surface area contributed by atoms with Crippen LogP contribution in [0, 0.1) is 0 Å². The van der Waals surface area contributed by atoms with Gasteiger partial charge in [0, 0.05) is 31.8 Å². The lowest BCUT2D eigenvalue weighted by atomic mass is 9.92. The maximum absolute atomic E-state index is 12.6. The molecule has 0 radical (unpaired) electrons. The number of amides is 1. The fraction of sp³-hybridized carbons (Fsp3) is 0.292. The Morgan fingerprint density at radius 1 is 1.04 bits per heavy atom. The van der Waals surface area contributed by atoms with Crippen LogP contribution in [0.3, 0.4) is 0 Å². The highest BCUT2D eigenvalue weighted by Gasteiger charge is 2.22. The number of benzene rings is 3. The molecule has 0 saturated carbocycles. The molecule has 1 atom stereocenters. The summed E-state index contributed by atoms with van der Waals surface area (Å²) in [5, 5.41) is 15.8. The quantitative estimate of drug-likeness (QED) is 0.610. The monoisotopic (exact) mass is 376 g/mol.